The Labute approximate surface area is 90.5 Å². The predicted molar refractivity (Wildman–Crippen MR) is 52.5 cm³/mol. The lowest BCUT2D eigenvalue weighted by Gasteiger charge is -2.14. The summed E-state index contributed by atoms with van der Waals surface area (Å²) in [4.78, 5) is 10.5. The predicted octanol–water partition coefficient (Wildman–Crippen LogP) is -1.87. The van der Waals surface area contributed by atoms with E-state index < -0.39 is 24.5 Å². The molecule has 16 heavy (non-hydrogen) atoms. The van der Waals surface area contributed by atoms with Crippen molar-refractivity contribution in [3.8, 4) is 6.07 Å². The lowest BCUT2D eigenvalue weighted by atomic mass is 10.0. The zero-order valence-corrected chi connectivity index (χ0v) is 8.21. The molecular weight excluding hydrogens is 214 g/mol. The number of rotatable bonds is 4. The second-order valence-electron chi connectivity index (χ2n) is 3.19. The maximum atomic E-state index is 10.5. The summed E-state index contributed by atoms with van der Waals surface area (Å²) in [6.45, 7) is 0. The van der Waals surface area contributed by atoms with Crippen molar-refractivity contribution < 1.29 is 15.0 Å². The van der Waals surface area contributed by atoms with Crippen LogP contribution in [0.4, 0.5) is 5.82 Å². The normalized spacial score (nSPS) is 14.1. The summed E-state index contributed by atoms with van der Waals surface area (Å²) in [7, 11) is 0. The van der Waals surface area contributed by atoms with Gasteiger partial charge in [-0.05, 0) is 0 Å². The van der Waals surface area contributed by atoms with Gasteiger partial charge in [0.1, 0.15) is 17.7 Å². The summed E-state index contributed by atoms with van der Waals surface area (Å²) in [5.41, 5.74) is 10.1. The molecule has 8 nitrogen and oxygen atoms in total. The van der Waals surface area contributed by atoms with Gasteiger partial charge in [0.25, 0.3) is 0 Å². The van der Waals surface area contributed by atoms with E-state index in [1.165, 1.54) is 0 Å². The molecule has 0 spiro atoms. The molecule has 2 atom stereocenters. The molecule has 1 amide bonds. The van der Waals surface area contributed by atoms with Crippen molar-refractivity contribution in [2.24, 2.45) is 5.73 Å². The van der Waals surface area contributed by atoms with Crippen LogP contribution in [0.2, 0.25) is 0 Å². The van der Waals surface area contributed by atoms with Crippen LogP contribution >= 0.6 is 0 Å². The van der Waals surface area contributed by atoms with E-state index in [9.17, 15) is 15.0 Å². The smallest absolute Gasteiger partial charge is 0.220 e. The maximum Gasteiger partial charge on any atom is 0.220 e. The van der Waals surface area contributed by atoms with Crippen LogP contribution in [0, 0.1) is 11.3 Å². The molecule has 0 aliphatic rings. The number of anilines is 1. The number of hydrogen-bond acceptors (Lipinski definition) is 6. The van der Waals surface area contributed by atoms with Gasteiger partial charge in [0.15, 0.2) is 5.82 Å². The highest BCUT2D eigenvalue weighted by atomic mass is 16.3. The highest BCUT2D eigenvalue weighted by Gasteiger charge is 2.26. The van der Waals surface area contributed by atoms with E-state index in [0.717, 1.165) is 0 Å². The summed E-state index contributed by atoms with van der Waals surface area (Å²) in [6.07, 6.45) is -3.30. The third kappa shape index (κ3) is 2.28. The van der Waals surface area contributed by atoms with Crippen LogP contribution in [-0.4, -0.2) is 32.4 Å². The molecule has 0 fully saturated rings. The van der Waals surface area contributed by atoms with E-state index in [-0.39, 0.29) is 17.1 Å². The average Bonchev–Trinajstić information content (AvgIpc) is 2.57. The lowest BCUT2D eigenvalue weighted by Crippen LogP contribution is -2.26. The highest BCUT2D eigenvalue weighted by molar-refractivity contribution is 5.74. The first kappa shape index (κ1) is 12.0. The Kier molecular flexibility index (Phi) is 3.44. The van der Waals surface area contributed by atoms with Crippen molar-refractivity contribution in [2.75, 3.05) is 5.73 Å². The van der Waals surface area contributed by atoms with E-state index >= 15 is 0 Å². The van der Waals surface area contributed by atoms with Crippen molar-refractivity contribution in [3.05, 3.63) is 11.3 Å². The van der Waals surface area contributed by atoms with E-state index in [1.807, 2.05) is 0 Å². The molecule has 2 unspecified atom stereocenters. The van der Waals surface area contributed by atoms with Crippen molar-refractivity contribution in [1.29, 1.82) is 5.26 Å². The number of nitriles is 1. The molecule has 0 radical (unpaired) electrons. The molecular formula is C8H11N5O3. The number of aromatic nitrogens is 2. The summed E-state index contributed by atoms with van der Waals surface area (Å²) in [6, 6.07) is 1.73. The minimum Gasteiger partial charge on any atom is -0.389 e. The number of amides is 1. The molecule has 0 bridgehead atoms. The molecule has 0 aliphatic carbocycles. The van der Waals surface area contributed by atoms with E-state index in [2.05, 4.69) is 10.2 Å². The number of nitrogens with zero attached hydrogens (tertiary/aromatic N) is 2. The Balaban J connectivity index is 2.92. The highest BCUT2D eigenvalue weighted by Crippen LogP contribution is 2.23. The van der Waals surface area contributed by atoms with Gasteiger partial charge in [-0.2, -0.15) is 10.4 Å². The van der Waals surface area contributed by atoms with Crippen LogP contribution in [0.3, 0.4) is 0 Å². The first-order chi connectivity index (χ1) is 7.47. The van der Waals surface area contributed by atoms with Crippen LogP contribution in [0.1, 0.15) is 23.8 Å². The van der Waals surface area contributed by atoms with Gasteiger partial charge in [-0.25, -0.2) is 0 Å². The summed E-state index contributed by atoms with van der Waals surface area (Å²) >= 11 is 0. The molecule has 0 saturated carbocycles. The minimum absolute atomic E-state index is 0.0336. The van der Waals surface area contributed by atoms with Crippen molar-refractivity contribution in [3.63, 3.8) is 0 Å². The largest absolute Gasteiger partial charge is 0.389 e. The van der Waals surface area contributed by atoms with Gasteiger partial charge < -0.3 is 21.7 Å². The van der Waals surface area contributed by atoms with Crippen molar-refractivity contribution in [2.45, 2.75) is 18.6 Å². The summed E-state index contributed by atoms with van der Waals surface area (Å²) in [5, 5.41) is 33.6. The van der Waals surface area contributed by atoms with E-state index in [0.29, 0.717) is 0 Å². The van der Waals surface area contributed by atoms with E-state index in [4.69, 9.17) is 16.7 Å². The molecule has 0 aromatic carbocycles. The minimum atomic E-state index is -1.47. The molecule has 1 heterocycles. The van der Waals surface area contributed by atoms with Gasteiger partial charge in [-0.15, -0.1) is 0 Å². The molecule has 7 N–H and O–H groups in total. The number of carbonyl (C=O) groups excluding carboxylic acids is 1. The monoisotopic (exact) mass is 225 g/mol. The first-order valence-corrected chi connectivity index (χ1v) is 4.35. The van der Waals surface area contributed by atoms with Gasteiger partial charge in [0.05, 0.1) is 18.2 Å². The molecule has 0 aliphatic heterocycles. The van der Waals surface area contributed by atoms with Crippen LogP contribution in [0.5, 0.6) is 0 Å². The standard InChI is InChI=1S/C8H11N5O3/c9-2-3-6(12-13-8(3)11)7(16)4(14)1-5(10)15/h4,7,14,16H,1H2,(H2,10,15)(H3,11,12,13). The molecule has 1 aromatic heterocycles. The molecule has 0 saturated heterocycles. The van der Waals surface area contributed by atoms with Crippen molar-refractivity contribution >= 4 is 11.7 Å². The second-order valence-corrected chi connectivity index (χ2v) is 3.19. The van der Waals surface area contributed by atoms with Gasteiger partial charge in [0.2, 0.25) is 5.91 Å². The first-order valence-electron chi connectivity index (χ1n) is 4.35. The fourth-order valence-electron chi connectivity index (χ4n) is 1.21. The molecule has 1 rings (SSSR count). The number of nitrogen functional groups attached to an aromatic ring is 1. The zero-order valence-electron chi connectivity index (χ0n) is 8.21. The Morgan fingerprint density at radius 3 is 2.75 bits per heavy atom. The Morgan fingerprint density at radius 2 is 2.25 bits per heavy atom. The van der Waals surface area contributed by atoms with Gasteiger partial charge in [-0.1, -0.05) is 0 Å². The van der Waals surface area contributed by atoms with Crippen LogP contribution in [0.15, 0.2) is 0 Å². The third-order valence-electron chi connectivity index (χ3n) is 2.00. The van der Waals surface area contributed by atoms with Crippen LogP contribution in [0.25, 0.3) is 0 Å². The Morgan fingerprint density at radius 1 is 1.62 bits per heavy atom. The number of H-pyrrole nitrogens is 1. The van der Waals surface area contributed by atoms with Gasteiger partial charge in [-0.3, -0.25) is 9.89 Å². The van der Waals surface area contributed by atoms with Crippen LogP contribution in [-0.2, 0) is 4.79 Å². The molecule has 8 heteroatoms. The number of primary amides is 1. The summed E-state index contributed by atoms with van der Waals surface area (Å²) < 4.78 is 0. The number of carbonyl (C=O) groups is 1. The molecule has 86 valence electrons. The Bertz CT molecular complexity index is 435. The number of nitrogens with two attached hydrogens (primary N) is 2. The average molecular weight is 225 g/mol. The Hall–Kier alpha value is -2.11. The summed E-state index contributed by atoms with van der Waals surface area (Å²) in [5.74, 6) is -0.847. The zero-order chi connectivity index (χ0) is 12.3. The van der Waals surface area contributed by atoms with E-state index in [1.54, 1.807) is 6.07 Å². The van der Waals surface area contributed by atoms with Gasteiger partial charge >= 0.3 is 0 Å². The van der Waals surface area contributed by atoms with Crippen LogP contribution < -0.4 is 11.5 Å². The fourth-order valence-corrected chi connectivity index (χ4v) is 1.21. The third-order valence-corrected chi connectivity index (χ3v) is 2.00. The van der Waals surface area contributed by atoms with Crippen molar-refractivity contribution in [1.82, 2.24) is 10.2 Å². The molecule has 1 aromatic rings. The topological polar surface area (TPSA) is 162 Å². The number of aliphatic hydroxyl groups is 2. The maximum absolute atomic E-state index is 10.5. The van der Waals surface area contributed by atoms with Gasteiger partial charge in [0, 0.05) is 0 Å². The quantitative estimate of drug-likeness (QED) is 0.403. The second kappa shape index (κ2) is 4.61. The number of aliphatic hydroxyl groups excluding tert-OH is 2. The fraction of sp³-hybridized carbons (Fsp3) is 0.375. The number of aromatic amines is 1. The SMILES string of the molecule is N#Cc1c(N)n[nH]c1C(O)C(O)CC(N)=O. The number of nitrogens with one attached hydrogen (secondary N) is 1. The number of hydrogen-bond donors (Lipinski definition) is 5. The lowest BCUT2D eigenvalue weighted by molar-refractivity contribution is -0.121.